The summed E-state index contributed by atoms with van der Waals surface area (Å²) in [6.45, 7) is 3.13. The summed E-state index contributed by atoms with van der Waals surface area (Å²) in [4.78, 5) is 0.0724. The van der Waals surface area contributed by atoms with E-state index in [-0.39, 0.29) is 10.6 Å². The molecule has 2 N–H and O–H groups in total. The quantitative estimate of drug-likeness (QED) is 0.867. The number of rotatable bonds is 3. The van der Waals surface area contributed by atoms with Crippen molar-refractivity contribution in [2.75, 3.05) is 18.8 Å². The lowest BCUT2D eigenvalue weighted by Gasteiger charge is -2.31. The molecule has 0 bridgehead atoms. The molecule has 1 aliphatic heterocycles. The van der Waals surface area contributed by atoms with E-state index in [1.54, 1.807) is 0 Å². The van der Waals surface area contributed by atoms with E-state index in [9.17, 15) is 12.8 Å². The molecule has 1 aliphatic rings. The maximum Gasteiger partial charge on any atom is 0.243 e. The van der Waals surface area contributed by atoms with Gasteiger partial charge in [0.25, 0.3) is 0 Å². The van der Waals surface area contributed by atoms with Gasteiger partial charge in [-0.2, -0.15) is 4.31 Å². The standard InChI is InChI=1S/C13H19FN2O2S/c1-2-10-4-3-7-16(9-10)19(17,18)11-5-6-12(14)13(15)8-11/h5-6,8,10H,2-4,7,9,15H2,1H3. The average Bonchev–Trinajstić information content (AvgIpc) is 2.41. The normalized spacial score (nSPS) is 21.5. The zero-order valence-corrected chi connectivity index (χ0v) is 11.8. The summed E-state index contributed by atoms with van der Waals surface area (Å²) in [5, 5.41) is 0. The Morgan fingerprint density at radius 1 is 1.47 bits per heavy atom. The first-order valence-electron chi connectivity index (χ1n) is 6.50. The lowest BCUT2D eigenvalue weighted by atomic mass is 9.97. The molecule has 0 spiro atoms. The Morgan fingerprint density at radius 2 is 2.21 bits per heavy atom. The van der Waals surface area contributed by atoms with Crippen LogP contribution in [0.15, 0.2) is 23.1 Å². The van der Waals surface area contributed by atoms with E-state index in [0.717, 1.165) is 25.3 Å². The molecule has 0 aromatic heterocycles. The van der Waals surface area contributed by atoms with Crippen LogP contribution in [0.3, 0.4) is 0 Å². The smallest absolute Gasteiger partial charge is 0.243 e. The third-order valence-corrected chi connectivity index (χ3v) is 5.53. The number of anilines is 1. The van der Waals surface area contributed by atoms with Gasteiger partial charge in [-0.25, -0.2) is 12.8 Å². The maximum absolute atomic E-state index is 13.1. The fraction of sp³-hybridized carbons (Fsp3) is 0.538. The van der Waals surface area contributed by atoms with Crippen molar-refractivity contribution in [3.63, 3.8) is 0 Å². The Bertz CT molecular complexity index is 560. The SMILES string of the molecule is CCC1CCCN(S(=O)(=O)c2ccc(F)c(N)c2)C1. The molecular formula is C13H19FN2O2S. The summed E-state index contributed by atoms with van der Waals surface area (Å²) < 4.78 is 39.5. The molecule has 1 aromatic carbocycles. The van der Waals surface area contributed by atoms with E-state index < -0.39 is 15.8 Å². The Morgan fingerprint density at radius 3 is 2.84 bits per heavy atom. The van der Waals surface area contributed by atoms with Gasteiger partial charge in [-0.1, -0.05) is 13.3 Å². The highest BCUT2D eigenvalue weighted by Gasteiger charge is 2.29. The summed E-state index contributed by atoms with van der Waals surface area (Å²) >= 11 is 0. The van der Waals surface area contributed by atoms with Crippen LogP contribution >= 0.6 is 0 Å². The van der Waals surface area contributed by atoms with Crippen LogP contribution < -0.4 is 5.73 Å². The van der Waals surface area contributed by atoms with Crippen LogP contribution in [0.4, 0.5) is 10.1 Å². The van der Waals surface area contributed by atoms with Crippen molar-refractivity contribution in [1.82, 2.24) is 4.31 Å². The van der Waals surface area contributed by atoms with Gasteiger partial charge < -0.3 is 5.73 Å². The number of nitrogen functional groups attached to an aromatic ring is 1. The third kappa shape index (κ3) is 2.90. The molecule has 0 saturated carbocycles. The van der Waals surface area contributed by atoms with Crippen LogP contribution in [-0.4, -0.2) is 25.8 Å². The van der Waals surface area contributed by atoms with Gasteiger partial charge in [0.05, 0.1) is 10.6 Å². The first-order chi connectivity index (χ1) is 8.95. The summed E-state index contributed by atoms with van der Waals surface area (Å²) in [6.07, 6.45) is 2.90. The third-order valence-electron chi connectivity index (χ3n) is 3.66. The highest BCUT2D eigenvalue weighted by Crippen LogP contribution is 2.26. The summed E-state index contributed by atoms with van der Waals surface area (Å²) in [6, 6.07) is 3.57. The number of sulfonamides is 1. The highest BCUT2D eigenvalue weighted by atomic mass is 32.2. The summed E-state index contributed by atoms with van der Waals surface area (Å²) in [7, 11) is -3.56. The fourth-order valence-corrected chi connectivity index (χ4v) is 4.00. The van der Waals surface area contributed by atoms with E-state index in [1.807, 2.05) is 0 Å². The molecule has 1 aromatic rings. The highest BCUT2D eigenvalue weighted by molar-refractivity contribution is 7.89. The van der Waals surface area contributed by atoms with E-state index in [1.165, 1.54) is 16.4 Å². The van der Waals surface area contributed by atoms with Gasteiger partial charge in [-0.3, -0.25) is 0 Å². The monoisotopic (exact) mass is 286 g/mol. The van der Waals surface area contributed by atoms with Crippen molar-refractivity contribution in [1.29, 1.82) is 0 Å². The number of hydrogen-bond donors (Lipinski definition) is 1. The van der Waals surface area contributed by atoms with E-state index in [4.69, 9.17) is 5.73 Å². The molecule has 2 rings (SSSR count). The van der Waals surface area contributed by atoms with Crippen LogP contribution in [0, 0.1) is 11.7 Å². The zero-order chi connectivity index (χ0) is 14.0. The maximum atomic E-state index is 13.1. The summed E-state index contributed by atoms with van der Waals surface area (Å²) in [5.74, 6) is -0.189. The number of nitrogens with two attached hydrogens (primary N) is 1. The van der Waals surface area contributed by atoms with Crippen molar-refractivity contribution >= 4 is 15.7 Å². The number of benzene rings is 1. The number of piperidine rings is 1. The Hall–Kier alpha value is -1.14. The van der Waals surface area contributed by atoms with Crippen molar-refractivity contribution in [2.45, 2.75) is 31.1 Å². The molecular weight excluding hydrogens is 267 g/mol. The van der Waals surface area contributed by atoms with E-state index in [2.05, 4.69) is 6.92 Å². The first-order valence-corrected chi connectivity index (χ1v) is 7.94. The molecule has 6 heteroatoms. The topological polar surface area (TPSA) is 63.4 Å². The molecule has 0 amide bonds. The van der Waals surface area contributed by atoms with Gasteiger partial charge in [-0.05, 0) is 37.0 Å². The van der Waals surface area contributed by atoms with Crippen molar-refractivity contribution in [2.24, 2.45) is 5.92 Å². The van der Waals surface area contributed by atoms with Gasteiger partial charge >= 0.3 is 0 Å². The second-order valence-corrected chi connectivity index (χ2v) is 6.90. The minimum atomic E-state index is -3.56. The largest absolute Gasteiger partial charge is 0.396 e. The lowest BCUT2D eigenvalue weighted by molar-refractivity contribution is 0.261. The Kier molecular flexibility index (Phi) is 4.10. The Balaban J connectivity index is 2.28. The molecule has 19 heavy (non-hydrogen) atoms. The van der Waals surface area contributed by atoms with Crippen LogP contribution in [0.25, 0.3) is 0 Å². The molecule has 0 radical (unpaired) electrons. The average molecular weight is 286 g/mol. The number of hydrogen-bond acceptors (Lipinski definition) is 3. The van der Waals surface area contributed by atoms with E-state index >= 15 is 0 Å². The first kappa shape index (κ1) is 14.3. The van der Waals surface area contributed by atoms with Crippen molar-refractivity contribution < 1.29 is 12.8 Å². The predicted molar refractivity (Wildman–Crippen MR) is 72.6 cm³/mol. The minimum Gasteiger partial charge on any atom is -0.396 e. The van der Waals surface area contributed by atoms with Gasteiger partial charge in [0.15, 0.2) is 0 Å². The van der Waals surface area contributed by atoms with Gasteiger partial charge in [0.2, 0.25) is 10.0 Å². The number of halogens is 1. The van der Waals surface area contributed by atoms with E-state index in [0.29, 0.717) is 19.0 Å². The molecule has 1 atom stereocenters. The van der Waals surface area contributed by atoms with Gasteiger partial charge in [0.1, 0.15) is 5.82 Å². The second kappa shape index (κ2) is 5.46. The Labute approximate surface area is 113 Å². The molecule has 1 saturated heterocycles. The molecule has 106 valence electrons. The zero-order valence-electron chi connectivity index (χ0n) is 11.0. The van der Waals surface area contributed by atoms with Crippen LogP contribution in [0.1, 0.15) is 26.2 Å². The molecule has 4 nitrogen and oxygen atoms in total. The fourth-order valence-electron chi connectivity index (χ4n) is 2.41. The second-order valence-electron chi connectivity index (χ2n) is 4.96. The molecule has 1 heterocycles. The van der Waals surface area contributed by atoms with Crippen molar-refractivity contribution in [3.8, 4) is 0 Å². The van der Waals surface area contributed by atoms with Gasteiger partial charge in [-0.15, -0.1) is 0 Å². The molecule has 1 unspecified atom stereocenters. The lowest BCUT2D eigenvalue weighted by Crippen LogP contribution is -2.39. The molecule has 1 fully saturated rings. The summed E-state index contributed by atoms with van der Waals surface area (Å²) in [5.41, 5.74) is 5.31. The van der Waals surface area contributed by atoms with Crippen LogP contribution in [0.5, 0.6) is 0 Å². The number of nitrogens with zero attached hydrogens (tertiary/aromatic N) is 1. The van der Waals surface area contributed by atoms with Crippen LogP contribution in [-0.2, 0) is 10.0 Å². The minimum absolute atomic E-state index is 0.0724. The molecule has 0 aliphatic carbocycles. The van der Waals surface area contributed by atoms with Crippen molar-refractivity contribution in [3.05, 3.63) is 24.0 Å². The van der Waals surface area contributed by atoms with Gasteiger partial charge in [0, 0.05) is 13.1 Å². The van der Waals surface area contributed by atoms with Crippen LogP contribution in [0.2, 0.25) is 0 Å². The predicted octanol–water partition coefficient (Wildman–Crippen LogP) is 2.22.